The van der Waals surface area contributed by atoms with Gasteiger partial charge >= 0.3 is 0 Å². The van der Waals surface area contributed by atoms with Crippen LogP contribution in [0.4, 0.5) is 10.1 Å². The summed E-state index contributed by atoms with van der Waals surface area (Å²) in [4.78, 5) is 0. The molecule has 2 nitrogen and oxygen atoms in total. The van der Waals surface area contributed by atoms with E-state index in [9.17, 15) is 4.39 Å². The normalized spacial score (nSPS) is 12.4. The fourth-order valence-corrected chi connectivity index (χ4v) is 1.40. The molecule has 0 bridgehead atoms. The van der Waals surface area contributed by atoms with Gasteiger partial charge in [-0.15, -0.1) is 0 Å². The first-order valence-corrected chi connectivity index (χ1v) is 4.81. The fourth-order valence-electron chi connectivity index (χ4n) is 1.40. The lowest BCUT2D eigenvalue weighted by molar-refractivity contribution is 0.490. The zero-order valence-electron chi connectivity index (χ0n) is 8.41. The van der Waals surface area contributed by atoms with E-state index in [2.05, 4.69) is 5.32 Å². The van der Waals surface area contributed by atoms with E-state index in [1.807, 2.05) is 19.1 Å². The van der Waals surface area contributed by atoms with Crippen LogP contribution in [0, 0.1) is 5.82 Å². The van der Waals surface area contributed by atoms with Crippen molar-refractivity contribution in [2.24, 2.45) is 0 Å². The maximum atomic E-state index is 12.7. The summed E-state index contributed by atoms with van der Waals surface area (Å²) in [5.41, 5.74) is 0.875. The number of rotatable bonds is 3. The van der Waals surface area contributed by atoms with Gasteiger partial charge in [-0.1, -0.05) is 0 Å². The number of nitrogens with one attached hydrogen (secondary N) is 1. The molecular weight excluding hydrogens is 193 g/mol. The van der Waals surface area contributed by atoms with Crippen molar-refractivity contribution in [1.82, 2.24) is 0 Å². The van der Waals surface area contributed by atoms with Crippen LogP contribution < -0.4 is 5.32 Å². The van der Waals surface area contributed by atoms with E-state index in [1.54, 1.807) is 18.4 Å². The van der Waals surface area contributed by atoms with Gasteiger partial charge in [0.05, 0.1) is 12.3 Å². The summed E-state index contributed by atoms with van der Waals surface area (Å²) in [5.74, 6) is 0.630. The van der Waals surface area contributed by atoms with Crippen molar-refractivity contribution in [2.45, 2.75) is 13.0 Å². The van der Waals surface area contributed by atoms with Gasteiger partial charge in [0.2, 0.25) is 0 Å². The minimum absolute atomic E-state index is 0.0745. The zero-order chi connectivity index (χ0) is 10.7. The van der Waals surface area contributed by atoms with Crippen LogP contribution in [0.15, 0.2) is 47.1 Å². The van der Waals surface area contributed by atoms with Gasteiger partial charge in [-0.3, -0.25) is 0 Å². The highest BCUT2D eigenvalue weighted by Gasteiger charge is 2.07. The van der Waals surface area contributed by atoms with Crippen LogP contribution in [0.1, 0.15) is 18.7 Å². The molecule has 1 aromatic carbocycles. The van der Waals surface area contributed by atoms with Crippen molar-refractivity contribution < 1.29 is 8.81 Å². The van der Waals surface area contributed by atoms with Gasteiger partial charge in [-0.2, -0.15) is 0 Å². The van der Waals surface area contributed by atoms with Crippen LogP contribution in [0.5, 0.6) is 0 Å². The molecule has 0 fully saturated rings. The summed E-state index contributed by atoms with van der Waals surface area (Å²) in [6, 6.07) is 10.1. The zero-order valence-corrected chi connectivity index (χ0v) is 8.41. The third kappa shape index (κ3) is 2.37. The second kappa shape index (κ2) is 4.17. The molecule has 0 saturated carbocycles. The Morgan fingerprint density at radius 1 is 1.20 bits per heavy atom. The van der Waals surface area contributed by atoms with E-state index in [-0.39, 0.29) is 11.9 Å². The topological polar surface area (TPSA) is 25.2 Å². The Hall–Kier alpha value is -1.77. The Kier molecular flexibility index (Phi) is 2.72. The standard InChI is InChI=1S/C12H12FNO/c1-9(12-3-2-8-15-12)14-11-6-4-10(13)5-7-11/h2-9,14H,1H3. The van der Waals surface area contributed by atoms with Crippen LogP contribution in [0.3, 0.4) is 0 Å². The maximum absolute atomic E-state index is 12.7. The molecule has 0 amide bonds. The summed E-state index contributed by atoms with van der Waals surface area (Å²) in [5, 5.41) is 3.21. The van der Waals surface area contributed by atoms with Crippen molar-refractivity contribution in [1.29, 1.82) is 0 Å². The molecule has 1 atom stereocenters. The van der Waals surface area contributed by atoms with Crippen LogP contribution in [0.25, 0.3) is 0 Å². The van der Waals surface area contributed by atoms with Crippen LogP contribution >= 0.6 is 0 Å². The second-order valence-corrected chi connectivity index (χ2v) is 3.39. The predicted octanol–water partition coefficient (Wildman–Crippen LogP) is 3.59. The summed E-state index contributed by atoms with van der Waals surface area (Å²) in [6.07, 6.45) is 1.64. The highest BCUT2D eigenvalue weighted by atomic mass is 19.1. The molecule has 0 radical (unpaired) electrons. The molecule has 0 saturated heterocycles. The van der Waals surface area contributed by atoms with Crippen LogP contribution in [0.2, 0.25) is 0 Å². The highest BCUT2D eigenvalue weighted by Crippen LogP contribution is 2.19. The van der Waals surface area contributed by atoms with E-state index < -0.39 is 0 Å². The first-order valence-electron chi connectivity index (χ1n) is 4.81. The average Bonchev–Trinajstić information content (AvgIpc) is 2.74. The van der Waals surface area contributed by atoms with E-state index in [0.29, 0.717) is 0 Å². The van der Waals surface area contributed by atoms with Crippen LogP contribution in [-0.2, 0) is 0 Å². The molecule has 2 rings (SSSR count). The van der Waals surface area contributed by atoms with Gasteiger partial charge < -0.3 is 9.73 Å². The number of hydrogen-bond donors (Lipinski definition) is 1. The van der Waals surface area contributed by atoms with Crippen molar-refractivity contribution in [3.05, 3.63) is 54.2 Å². The van der Waals surface area contributed by atoms with Gasteiger partial charge in [-0.05, 0) is 43.3 Å². The first-order chi connectivity index (χ1) is 7.25. The third-order valence-corrected chi connectivity index (χ3v) is 2.20. The Morgan fingerprint density at radius 3 is 2.53 bits per heavy atom. The largest absolute Gasteiger partial charge is 0.467 e. The lowest BCUT2D eigenvalue weighted by Gasteiger charge is -2.12. The van der Waals surface area contributed by atoms with Gasteiger partial charge in [0.25, 0.3) is 0 Å². The van der Waals surface area contributed by atoms with Crippen molar-refractivity contribution in [3.8, 4) is 0 Å². The number of halogens is 1. The monoisotopic (exact) mass is 205 g/mol. The molecule has 0 spiro atoms. The number of anilines is 1. The molecule has 1 aromatic heterocycles. The molecule has 1 heterocycles. The molecule has 0 aliphatic rings. The van der Waals surface area contributed by atoms with E-state index in [0.717, 1.165) is 11.4 Å². The van der Waals surface area contributed by atoms with Gasteiger partial charge in [-0.25, -0.2) is 4.39 Å². The molecule has 3 heteroatoms. The maximum Gasteiger partial charge on any atom is 0.125 e. The molecule has 15 heavy (non-hydrogen) atoms. The minimum Gasteiger partial charge on any atom is -0.467 e. The number of furan rings is 1. The summed E-state index contributed by atoms with van der Waals surface area (Å²) in [6.45, 7) is 1.99. The van der Waals surface area contributed by atoms with E-state index >= 15 is 0 Å². The molecule has 1 unspecified atom stereocenters. The Bertz CT molecular complexity index is 408. The molecule has 0 aliphatic heterocycles. The van der Waals surface area contributed by atoms with Gasteiger partial charge in [0, 0.05) is 5.69 Å². The number of hydrogen-bond acceptors (Lipinski definition) is 2. The first kappa shape index (κ1) is 9.77. The molecule has 1 N–H and O–H groups in total. The Balaban J connectivity index is 2.06. The lowest BCUT2D eigenvalue weighted by Crippen LogP contribution is -2.05. The third-order valence-electron chi connectivity index (χ3n) is 2.20. The highest BCUT2D eigenvalue weighted by molar-refractivity contribution is 5.44. The van der Waals surface area contributed by atoms with Gasteiger partial charge in [0.15, 0.2) is 0 Å². The summed E-state index contributed by atoms with van der Waals surface area (Å²) >= 11 is 0. The Labute approximate surface area is 87.7 Å². The quantitative estimate of drug-likeness (QED) is 0.828. The SMILES string of the molecule is CC(Nc1ccc(F)cc1)c1ccco1. The van der Waals surface area contributed by atoms with E-state index in [1.165, 1.54) is 12.1 Å². The number of benzene rings is 1. The fraction of sp³-hybridized carbons (Fsp3) is 0.167. The molecule has 78 valence electrons. The minimum atomic E-state index is -0.230. The van der Waals surface area contributed by atoms with E-state index in [4.69, 9.17) is 4.42 Å². The second-order valence-electron chi connectivity index (χ2n) is 3.39. The van der Waals surface area contributed by atoms with Gasteiger partial charge in [0.1, 0.15) is 11.6 Å². The van der Waals surface area contributed by atoms with Crippen molar-refractivity contribution in [2.75, 3.05) is 5.32 Å². The van der Waals surface area contributed by atoms with Crippen molar-refractivity contribution in [3.63, 3.8) is 0 Å². The predicted molar refractivity (Wildman–Crippen MR) is 57.1 cm³/mol. The summed E-state index contributed by atoms with van der Waals surface area (Å²) in [7, 11) is 0. The van der Waals surface area contributed by atoms with Crippen molar-refractivity contribution >= 4 is 5.69 Å². The molecular formula is C12H12FNO. The van der Waals surface area contributed by atoms with Crippen LogP contribution in [-0.4, -0.2) is 0 Å². The smallest absolute Gasteiger partial charge is 0.125 e. The molecule has 2 aromatic rings. The lowest BCUT2D eigenvalue weighted by atomic mass is 10.2. The summed E-state index contributed by atoms with van der Waals surface area (Å²) < 4.78 is 17.9. The Morgan fingerprint density at radius 2 is 1.93 bits per heavy atom. The average molecular weight is 205 g/mol. The molecule has 0 aliphatic carbocycles.